The lowest BCUT2D eigenvalue weighted by atomic mass is 9.86. The highest BCUT2D eigenvalue weighted by molar-refractivity contribution is 5.43. The number of piperidine rings is 1. The zero-order valence-electron chi connectivity index (χ0n) is 14.3. The van der Waals surface area contributed by atoms with Crippen molar-refractivity contribution in [1.82, 2.24) is 4.90 Å². The Morgan fingerprint density at radius 2 is 1.85 bits per heavy atom. The minimum absolute atomic E-state index is 0.0922. The molecule has 0 radical (unpaired) electrons. The lowest BCUT2D eigenvalue weighted by Crippen LogP contribution is -2.53. The summed E-state index contributed by atoms with van der Waals surface area (Å²) in [4.78, 5) is 1.88. The summed E-state index contributed by atoms with van der Waals surface area (Å²) >= 11 is 0. The van der Waals surface area contributed by atoms with Gasteiger partial charge in [-0.15, -0.1) is 0 Å². The van der Waals surface area contributed by atoms with Gasteiger partial charge in [0.05, 0.1) is 6.04 Å². The van der Waals surface area contributed by atoms with E-state index in [2.05, 4.69) is 0 Å². The molecule has 0 bridgehead atoms. The predicted octanol–water partition coefficient (Wildman–Crippen LogP) is 2.52. The van der Waals surface area contributed by atoms with E-state index in [1.165, 1.54) is 24.3 Å². The maximum absolute atomic E-state index is 13.1. The largest absolute Gasteiger partial charge is 0.508 e. The molecule has 0 saturated carbocycles. The Morgan fingerprint density at radius 1 is 1.08 bits per heavy atom. The van der Waals surface area contributed by atoms with Gasteiger partial charge in [-0.05, 0) is 48.6 Å². The van der Waals surface area contributed by atoms with Crippen molar-refractivity contribution in [1.29, 1.82) is 0 Å². The van der Waals surface area contributed by atoms with Crippen molar-refractivity contribution in [2.75, 3.05) is 13.2 Å². The average molecular weight is 359 g/mol. The van der Waals surface area contributed by atoms with Crippen LogP contribution >= 0.6 is 0 Å². The van der Waals surface area contributed by atoms with E-state index in [4.69, 9.17) is 4.74 Å². The van der Waals surface area contributed by atoms with E-state index in [-0.39, 0.29) is 30.1 Å². The summed E-state index contributed by atoms with van der Waals surface area (Å²) in [7, 11) is 0. The van der Waals surface area contributed by atoms with Gasteiger partial charge in [-0.25, -0.2) is 4.39 Å². The highest BCUT2D eigenvalue weighted by Gasteiger charge is 2.39. The van der Waals surface area contributed by atoms with Gasteiger partial charge in [-0.2, -0.15) is 0 Å². The number of hydrogen-bond donors (Lipinski definition) is 3. The zero-order chi connectivity index (χ0) is 18.3. The molecule has 2 aliphatic heterocycles. The molecule has 1 fully saturated rings. The minimum atomic E-state index is -0.795. The van der Waals surface area contributed by atoms with Crippen LogP contribution in [0.5, 0.6) is 11.5 Å². The lowest BCUT2D eigenvalue weighted by molar-refractivity contribution is -0.103. The van der Waals surface area contributed by atoms with Crippen molar-refractivity contribution < 1.29 is 24.4 Å². The normalized spacial score (nSPS) is 29.0. The van der Waals surface area contributed by atoms with Gasteiger partial charge >= 0.3 is 0 Å². The molecule has 2 unspecified atom stereocenters. The first-order valence-corrected chi connectivity index (χ1v) is 8.86. The number of ether oxygens (including phenoxy) is 1. The summed E-state index contributed by atoms with van der Waals surface area (Å²) in [6.45, 7) is 0.859. The van der Waals surface area contributed by atoms with Gasteiger partial charge in [0.25, 0.3) is 0 Å². The van der Waals surface area contributed by atoms with Crippen molar-refractivity contribution in [3.8, 4) is 11.5 Å². The Kier molecular flexibility index (Phi) is 4.56. The van der Waals surface area contributed by atoms with Crippen molar-refractivity contribution in [2.24, 2.45) is 0 Å². The Bertz CT molecular complexity index is 782. The first-order valence-electron chi connectivity index (χ1n) is 8.86. The maximum atomic E-state index is 13.1. The number of fused-ring (bicyclic) bond motifs is 1. The topological polar surface area (TPSA) is 73.2 Å². The second-order valence-electron chi connectivity index (χ2n) is 7.04. The van der Waals surface area contributed by atoms with E-state index in [1.807, 2.05) is 4.90 Å². The van der Waals surface area contributed by atoms with Crippen LogP contribution < -0.4 is 4.74 Å². The number of aromatic hydroxyl groups is 1. The van der Waals surface area contributed by atoms with Crippen molar-refractivity contribution in [3.63, 3.8) is 0 Å². The van der Waals surface area contributed by atoms with Crippen LogP contribution in [0.2, 0.25) is 0 Å². The lowest BCUT2D eigenvalue weighted by Gasteiger charge is -2.44. The molecule has 2 aliphatic rings. The van der Waals surface area contributed by atoms with Crippen molar-refractivity contribution >= 4 is 0 Å². The highest BCUT2D eigenvalue weighted by atomic mass is 19.1. The van der Waals surface area contributed by atoms with E-state index in [0.717, 1.165) is 12.0 Å². The van der Waals surface area contributed by atoms with Gasteiger partial charge in [0, 0.05) is 18.2 Å². The molecule has 0 spiro atoms. The highest BCUT2D eigenvalue weighted by Crippen LogP contribution is 2.39. The van der Waals surface area contributed by atoms with E-state index in [1.54, 1.807) is 18.2 Å². The van der Waals surface area contributed by atoms with E-state index in [9.17, 15) is 19.7 Å². The third kappa shape index (κ3) is 3.16. The smallest absolute Gasteiger partial charge is 0.128 e. The Morgan fingerprint density at radius 3 is 2.58 bits per heavy atom. The number of aliphatic hydroxyl groups excluding tert-OH is 2. The monoisotopic (exact) mass is 359 g/mol. The summed E-state index contributed by atoms with van der Waals surface area (Å²) in [6, 6.07) is 10.7. The van der Waals surface area contributed by atoms with Gasteiger partial charge in [-0.3, -0.25) is 4.90 Å². The molecule has 3 N–H and O–H groups in total. The number of hydrogen-bond acceptors (Lipinski definition) is 5. The van der Waals surface area contributed by atoms with Gasteiger partial charge < -0.3 is 20.1 Å². The number of phenols is 1. The fourth-order valence-corrected chi connectivity index (χ4v) is 4.03. The molecule has 26 heavy (non-hydrogen) atoms. The number of halogens is 1. The van der Waals surface area contributed by atoms with E-state index < -0.39 is 12.3 Å². The SMILES string of the molecule is Oc1ccc2c(c1)OC[C@@H](N1CCC(c3ccc(F)cc3)CC1O)[C@H]2O. The molecule has 5 nitrogen and oxygen atoms in total. The van der Waals surface area contributed by atoms with Crippen LogP contribution in [0.15, 0.2) is 42.5 Å². The standard InChI is InChI=1S/C20H22FNO4/c21-14-3-1-12(2-4-14)13-7-8-22(19(24)9-13)17-11-26-18-10-15(23)5-6-16(18)20(17)25/h1-6,10,13,17,19-20,23-25H,7-9,11H2/t13?,17-,19?,20+/m1/s1. The van der Waals surface area contributed by atoms with Gasteiger partial charge in [0.2, 0.25) is 0 Å². The van der Waals surface area contributed by atoms with Crippen LogP contribution in [0.4, 0.5) is 4.39 Å². The van der Waals surface area contributed by atoms with Crippen LogP contribution in [0.25, 0.3) is 0 Å². The van der Waals surface area contributed by atoms with Crippen LogP contribution in [-0.4, -0.2) is 45.6 Å². The number of benzene rings is 2. The molecule has 138 valence electrons. The van der Waals surface area contributed by atoms with Crippen LogP contribution in [-0.2, 0) is 0 Å². The molecule has 2 aromatic carbocycles. The molecule has 2 heterocycles. The van der Waals surface area contributed by atoms with Gasteiger partial charge in [0.1, 0.15) is 36.3 Å². The Labute approximate surface area is 151 Å². The number of likely N-dealkylation sites (tertiary alicyclic amines) is 1. The molecule has 2 aromatic rings. The fourth-order valence-electron chi connectivity index (χ4n) is 4.03. The quantitative estimate of drug-likeness (QED) is 0.768. The molecular formula is C20H22FNO4. The third-order valence-electron chi connectivity index (χ3n) is 5.47. The number of rotatable bonds is 2. The van der Waals surface area contributed by atoms with Crippen molar-refractivity contribution in [3.05, 3.63) is 59.4 Å². The summed E-state index contributed by atoms with van der Waals surface area (Å²) in [5.41, 5.74) is 1.64. The summed E-state index contributed by atoms with van der Waals surface area (Å²) in [5, 5.41) is 31.0. The Hall–Kier alpha value is -2.15. The average Bonchev–Trinajstić information content (AvgIpc) is 2.63. The predicted molar refractivity (Wildman–Crippen MR) is 93.4 cm³/mol. The second kappa shape index (κ2) is 6.87. The molecule has 6 heteroatoms. The second-order valence-corrected chi connectivity index (χ2v) is 7.04. The number of nitrogens with zero attached hydrogens (tertiary/aromatic N) is 1. The van der Waals surface area contributed by atoms with Crippen molar-refractivity contribution in [2.45, 2.75) is 37.1 Å². The van der Waals surface area contributed by atoms with Gasteiger partial charge in [0.15, 0.2) is 0 Å². The third-order valence-corrected chi connectivity index (χ3v) is 5.47. The van der Waals surface area contributed by atoms with E-state index in [0.29, 0.717) is 24.3 Å². The maximum Gasteiger partial charge on any atom is 0.128 e. The zero-order valence-corrected chi connectivity index (χ0v) is 14.3. The first-order chi connectivity index (χ1) is 12.5. The molecule has 4 atom stereocenters. The molecule has 0 aromatic heterocycles. The fraction of sp³-hybridized carbons (Fsp3) is 0.400. The van der Waals surface area contributed by atoms with Gasteiger partial charge in [-0.1, -0.05) is 12.1 Å². The number of aliphatic hydroxyl groups is 2. The first kappa shape index (κ1) is 17.3. The molecule has 0 amide bonds. The van der Waals surface area contributed by atoms with E-state index >= 15 is 0 Å². The van der Waals surface area contributed by atoms with Crippen LogP contribution in [0.3, 0.4) is 0 Å². The molecular weight excluding hydrogens is 337 g/mol. The van der Waals surface area contributed by atoms with Crippen LogP contribution in [0.1, 0.15) is 36.0 Å². The summed E-state index contributed by atoms with van der Waals surface area (Å²) in [5.74, 6) is 0.464. The Balaban J connectivity index is 1.48. The summed E-state index contributed by atoms with van der Waals surface area (Å²) in [6.07, 6.45) is -0.164. The minimum Gasteiger partial charge on any atom is -0.508 e. The molecule has 4 rings (SSSR count). The van der Waals surface area contributed by atoms with Crippen LogP contribution in [0, 0.1) is 5.82 Å². The molecule has 1 saturated heterocycles. The summed E-state index contributed by atoms with van der Waals surface area (Å²) < 4.78 is 18.8. The molecule has 0 aliphatic carbocycles. The number of phenolic OH excluding ortho intramolecular Hbond substituents is 1.